The Morgan fingerprint density at radius 1 is 1.09 bits per heavy atom. The van der Waals surface area contributed by atoms with Gasteiger partial charge in [0, 0.05) is 48.2 Å². The van der Waals surface area contributed by atoms with E-state index in [2.05, 4.69) is 31.5 Å². The molecule has 2 bridgehead atoms. The molecule has 2 saturated heterocycles. The molecule has 3 aliphatic rings. The smallest absolute Gasteiger partial charge is 0.213 e. The van der Waals surface area contributed by atoms with Crippen LogP contribution in [0.3, 0.4) is 0 Å². The van der Waals surface area contributed by atoms with Crippen LogP contribution < -0.4 is 15.0 Å². The van der Waals surface area contributed by atoms with Crippen LogP contribution in [0, 0.1) is 0 Å². The van der Waals surface area contributed by atoms with Crippen molar-refractivity contribution in [1.29, 1.82) is 0 Å². The SMILES string of the molecule is COc1cc(-c2ccc(-c3cc4c(nn3)N(C3C[C@H]5COC[C@@H](C3)N5)CCS4)c(O)c2)ccn1. The van der Waals surface area contributed by atoms with Crippen LogP contribution in [0.15, 0.2) is 47.5 Å². The maximum Gasteiger partial charge on any atom is 0.213 e. The topological polar surface area (TPSA) is 92.6 Å². The number of methoxy groups -OCH3 is 1. The number of rotatable bonds is 4. The molecule has 1 aromatic carbocycles. The third-order valence-electron chi connectivity index (χ3n) is 6.82. The van der Waals surface area contributed by atoms with Crippen LogP contribution in [0.1, 0.15) is 12.8 Å². The zero-order valence-electron chi connectivity index (χ0n) is 19.0. The zero-order chi connectivity index (χ0) is 23.1. The Labute approximate surface area is 202 Å². The van der Waals surface area contributed by atoms with Crippen LogP contribution >= 0.6 is 11.8 Å². The summed E-state index contributed by atoms with van der Waals surface area (Å²) >= 11 is 1.81. The summed E-state index contributed by atoms with van der Waals surface area (Å²) in [6, 6.07) is 12.7. The predicted molar refractivity (Wildman–Crippen MR) is 132 cm³/mol. The average molecular weight is 478 g/mol. The third kappa shape index (κ3) is 4.08. The molecule has 3 aliphatic heterocycles. The van der Waals surface area contributed by atoms with Gasteiger partial charge in [0.15, 0.2) is 5.82 Å². The van der Waals surface area contributed by atoms with Crippen LogP contribution in [0.5, 0.6) is 11.6 Å². The Hall–Kier alpha value is -2.88. The second-order valence-electron chi connectivity index (χ2n) is 9.00. The fourth-order valence-corrected chi connectivity index (χ4v) is 6.20. The maximum absolute atomic E-state index is 10.8. The van der Waals surface area contributed by atoms with E-state index in [0.717, 1.165) is 60.2 Å². The van der Waals surface area contributed by atoms with Gasteiger partial charge in [0.05, 0.1) is 30.9 Å². The van der Waals surface area contributed by atoms with Gasteiger partial charge < -0.3 is 24.8 Å². The van der Waals surface area contributed by atoms with E-state index in [-0.39, 0.29) is 5.75 Å². The van der Waals surface area contributed by atoms with E-state index in [1.165, 1.54) is 0 Å². The van der Waals surface area contributed by atoms with Gasteiger partial charge in [-0.05, 0) is 48.2 Å². The predicted octanol–water partition coefficient (Wildman–Crippen LogP) is 3.35. The summed E-state index contributed by atoms with van der Waals surface area (Å²) in [7, 11) is 1.59. The molecule has 1 unspecified atom stereocenters. The first-order chi connectivity index (χ1) is 16.7. The van der Waals surface area contributed by atoms with Gasteiger partial charge in [-0.3, -0.25) is 0 Å². The van der Waals surface area contributed by atoms with Crippen molar-refractivity contribution in [3.63, 3.8) is 0 Å². The van der Waals surface area contributed by atoms with E-state index in [9.17, 15) is 5.11 Å². The quantitative estimate of drug-likeness (QED) is 0.587. The highest BCUT2D eigenvalue weighted by atomic mass is 32.2. The Bertz CT molecular complexity index is 1200. The molecule has 8 nitrogen and oxygen atoms in total. The Morgan fingerprint density at radius 3 is 2.71 bits per heavy atom. The van der Waals surface area contributed by atoms with Gasteiger partial charge in [-0.15, -0.1) is 22.0 Å². The van der Waals surface area contributed by atoms with Crippen molar-refractivity contribution in [2.45, 2.75) is 35.9 Å². The van der Waals surface area contributed by atoms with Crippen molar-refractivity contribution < 1.29 is 14.6 Å². The zero-order valence-corrected chi connectivity index (χ0v) is 19.8. The van der Waals surface area contributed by atoms with Gasteiger partial charge in [-0.2, -0.15) is 0 Å². The molecule has 0 aliphatic carbocycles. The summed E-state index contributed by atoms with van der Waals surface area (Å²) in [5.41, 5.74) is 3.16. The third-order valence-corrected chi connectivity index (χ3v) is 7.82. The first-order valence-corrected chi connectivity index (χ1v) is 12.6. The summed E-state index contributed by atoms with van der Waals surface area (Å²) < 4.78 is 10.9. The molecule has 9 heteroatoms. The van der Waals surface area contributed by atoms with E-state index in [1.807, 2.05) is 36.0 Å². The number of morpholine rings is 1. The number of nitrogens with zero attached hydrogens (tertiary/aromatic N) is 4. The Kier molecular flexibility index (Phi) is 5.76. The number of nitrogens with one attached hydrogen (secondary N) is 1. The maximum atomic E-state index is 10.8. The average Bonchev–Trinajstić information content (AvgIpc) is 2.87. The molecular weight excluding hydrogens is 450 g/mol. The van der Waals surface area contributed by atoms with Crippen molar-refractivity contribution in [1.82, 2.24) is 20.5 Å². The normalized spacial score (nSPS) is 23.9. The standard InChI is InChI=1S/C25H27N5O3S/c1-32-24-9-16(4-5-26-24)15-2-3-20(22(31)8-15)21-12-23-25(29-28-21)30(6-7-34-23)19-10-17-13-33-14-18(11-19)27-17/h2-5,8-9,12,17-19,27,31H,6-7,10-11,13-14H2,1H3/t17-,18+,19?. The minimum Gasteiger partial charge on any atom is -0.507 e. The molecule has 0 radical (unpaired) electrons. The lowest BCUT2D eigenvalue weighted by Gasteiger charge is -2.45. The number of fused-ring (bicyclic) bond motifs is 3. The molecule has 2 aromatic heterocycles. The molecule has 0 saturated carbocycles. The van der Waals surface area contributed by atoms with Crippen LogP contribution in [-0.4, -0.2) is 71.0 Å². The van der Waals surface area contributed by atoms with E-state index in [4.69, 9.17) is 9.47 Å². The van der Waals surface area contributed by atoms with Crippen LogP contribution in [0.25, 0.3) is 22.4 Å². The molecule has 2 fully saturated rings. The van der Waals surface area contributed by atoms with Crippen molar-refractivity contribution in [3.05, 3.63) is 42.6 Å². The largest absolute Gasteiger partial charge is 0.507 e. The number of thioether (sulfide) groups is 1. The molecule has 176 valence electrons. The second-order valence-corrected chi connectivity index (χ2v) is 10.1. The van der Waals surface area contributed by atoms with Crippen molar-refractivity contribution in [3.8, 4) is 34.0 Å². The van der Waals surface area contributed by atoms with E-state index < -0.39 is 0 Å². The van der Waals surface area contributed by atoms with Gasteiger partial charge in [0.25, 0.3) is 0 Å². The summed E-state index contributed by atoms with van der Waals surface area (Å²) in [5.74, 6) is 2.69. The molecule has 5 heterocycles. The number of hydrogen-bond acceptors (Lipinski definition) is 9. The number of piperidine rings is 1. The highest BCUT2D eigenvalue weighted by Crippen LogP contribution is 2.40. The Morgan fingerprint density at radius 2 is 1.91 bits per heavy atom. The summed E-state index contributed by atoms with van der Waals surface area (Å²) in [6.45, 7) is 2.55. The lowest BCUT2D eigenvalue weighted by Crippen LogP contribution is -2.59. The number of ether oxygens (including phenoxy) is 2. The van der Waals surface area contributed by atoms with Gasteiger partial charge in [0.1, 0.15) is 5.75 Å². The number of phenols is 1. The fourth-order valence-electron chi connectivity index (χ4n) is 5.21. The van der Waals surface area contributed by atoms with E-state index >= 15 is 0 Å². The van der Waals surface area contributed by atoms with Crippen LogP contribution in [0.2, 0.25) is 0 Å². The molecule has 6 rings (SSSR count). The number of benzene rings is 1. The van der Waals surface area contributed by atoms with E-state index in [0.29, 0.717) is 35.3 Å². The van der Waals surface area contributed by atoms with Crippen molar-refractivity contribution in [2.24, 2.45) is 0 Å². The molecular formula is C25H27N5O3S. The fraction of sp³-hybridized carbons (Fsp3) is 0.400. The van der Waals surface area contributed by atoms with Gasteiger partial charge in [0.2, 0.25) is 5.88 Å². The Balaban J connectivity index is 1.27. The highest BCUT2D eigenvalue weighted by molar-refractivity contribution is 7.99. The van der Waals surface area contributed by atoms with Crippen LogP contribution in [-0.2, 0) is 4.74 Å². The molecule has 0 amide bonds. The van der Waals surface area contributed by atoms with Crippen molar-refractivity contribution in [2.75, 3.05) is 37.5 Å². The number of aromatic nitrogens is 3. The first-order valence-electron chi connectivity index (χ1n) is 11.6. The van der Waals surface area contributed by atoms with E-state index in [1.54, 1.807) is 19.4 Å². The molecule has 3 atom stereocenters. The van der Waals surface area contributed by atoms with Crippen molar-refractivity contribution >= 4 is 17.6 Å². The van der Waals surface area contributed by atoms with Crippen LogP contribution in [0.4, 0.5) is 5.82 Å². The number of hydrogen-bond donors (Lipinski definition) is 2. The molecule has 0 spiro atoms. The monoisotopic (exact) mass is 477 g/mol. The van der Waals surface area contributed by atoms with Gasteiger partial charge in [-0.25, -0.2) is 4.98 Å². The lowest BCUT2D eigenvalue weighted by molar-refractivity contribution is 0.0178. The lowest BCUT2D eigenvalue weighted by atomic mass is 9.91. The summed E-state index contributed by atoms with van der Waals surface area (Å²) in [5, 5.41) is 23.7. The summed E-state index contributed by atoms with van der Waals surface area (Å²) in [6.07, 6.45) is 3.82. The minimum atomic E-state index is 0.173. The molecule has 34 heavy (non-hydrogen) atoms. The number of anilines is 1. The number of pyridine rings is 1. The number of phenolic OH excluding ortho intramolecular Hbond substituents is 1. The highest BCUT2D eigenvalue weighted by Gasteiger charge is 2.37. The summed E-state index contributed by atoms with van der Waals surface area (Å²) in [4.78, 5) is 7.71. The minimum absolute atomic E-state index is 0.173. The second kappa shape index (κ2) is 9.05. The first kappa shape index (κ1) is 21.6. The van der Waals surface area contributed by atoms with Gasteiger partial charge in [-0.1, -0.05) is 6.07 Å². The number of aromatic hydroxyl groups is 1. The molecule has 2 N–H and O–H groups in total. The molecule has 3 aromatic rings. The van der Waals surface area contributed by atoms with Gasteiger partial charge >= 0.3 is 0 Å².